The molecule has 0 fully saturated rings. The van der Waals surface area contributed by atoms with Crippen molar-refractivity contribution in [2.24, 2.45) is 0 Å². The molecule has 4 nitrogen and oxygen atoms in total. The van der Waals surface area contributed by atoms with E-state index in [1.165, 1.54) is 11.3 Å². The van der Waals surface area contributed by atoms with Gasteiger partial charge in [-0.3, -0.25) is 0 Å². The van der Waals surface area contributed by atoms with E-state index in [2.05, 4.69) is 46.9 Å². The van der Waals surface area contributed by atoms with Crippen LogP contribution in [0.4, 0.5) is 17.3 Å². The average Bonchev–Trinajstić information content (AvgIpc) is 2.79. The van der Waals surface area contributed by atoms with E-state index >= 15 is 0 Å². The van der Waals surface area contributed by atoms with Crippen molar-refractivity contribution in [3.05, 3.63) is 48.8 Å². The summed E-state index contributed by atoms with van der Waals surface area (Å²) >= 11 is 0. The van der Waals surface area contributed by atoms with Crippen LogP contribution < -0.4 is 10.2 Å². The Morgan fingerprint density at radius 3 is 2.89 bits per heavy atom. The molecule has 1 heterocycles. The standard InChI is InChI=1S/C15H20N4/c1-5-9-19-10-8-16-15(19)17-13-7-6-12(2)14(11-13)18(3)4/h5-8,10-11H,1,9H2,2-4H3,(H,16,17). The third-order valence-corrected chi connectivity index (χ3v) is 2.99. The number of allylic oxidation sites excluding steroid dienone is 1. The van der Waals surface area contributed by atoms with Crippen LogP contribution in [0.1, 0.15) is 5.56 Å². The molecule has 0 saturated heterocycles. The Morgan fingerprint density at radius 2 is 2.21 bits per heavy atom. The summed E-state index contributed by atoms with van der Waals surface area (Å²) in [4.78, 5) is 6.43. The number of hydrogen-bond donors (Lipinski definition) is 1. The summed E-state index contributed by atoms with van der Waals surface area (Å²) < 4.78 is 2.02. The minimum atomic E-state index is 0.745. The zero-order valence-corrected chi connectivity index (χ0v) is 11.7. The molecular weight excluding hydrogens is 236 g/mol. The highest BCUT2D eigenvalue weighted by atomic mass is 15.2. The number of benzene rings is 1. The second kappa shape index (κ2) is 5.61. The fourth-order valence-corrected chi connectivity index (χ4v) is 2.02. The van der Waals surface area contributed by atoms with Gasteiger partial charge in [-0.25, -0.2) is 4.98 Å². The maximum Gasteiger partial charge on any atom is 0.207 e. The van der Waals surface area contributed by atoms with Gasteiger partial charge in [-0.15, -0.1) is 6.58 Å². The van der Waals surface area contributed by atoms with E-state index in [9.17, 15) is 0 Å². The molecule has 2 aromatic rings. The Bertz CT molecular complexity index is 569. The summed E-state index contributed by atoms with van der Waals surface area (Å²) in [6.07, 6.45) is 5.57. The molecule has 19 heavy (non-hydrogen) atoms. The lowest BCUT2D eigenvalue weighted by Crippen LogP contribution is -2.10. The summed E-state index contributed by atoms with van der Waals surface area (Å²) in [5.74, 6) is 0.827. The van der Waals surface area contributed by atoms with Crippen molar-refractivity contribution in [1.82, 2.24) is 9.55 Å². The average molecular weight is 256 g/mol. The summed E-state index contributed by atoms with van der Waals surface area (Å²) in [6.45, 7) is 6.60. The van der Waals surface area contributed by atoms with Crippen LogP contribution in [0, 0.1) is 6.92 Å². The van der Waals surface area contributed by atoms with Crippen LogP contribution >= 0.6 is 0 Å². The van der Waals surface area contributed by atoms with Crippen molar-refractivity contribution in [1.29, 1.82) is 0 Å². The SMILES string of the molecule is C=CCn1ccnc1Nc1ccc(C)c(N(C)C)c1. The maximum absolute atomic E-state index is 4.32. The molecule has 0 saturated carbocycles. The number of rotatable bonds is 5. The van der Waals surface area contributed by atoms with Crippen LogP contribution in [0.5, 0.6) is 0 Å². The Balaban J connectivity index is 2.25. The van der Waals surface area contributed by atoms with E-state index in [4.69, 9.17) is 0 Å². The number of nitrogens with zero attached hydrogens (tertiary/aromatic N) is 3. The van der Waals surface area contributed by atoms with Crippen molar-refractivity contribution in [3.8, 4) is 0 Å². The van der Waals surface area contributed by atoms with Crippen LogP contribution in [0.2, 0.25) is 0 Å². The molecule has 1 N–H and O–H groups in total. The highest BCUT2D eigenvalue weighted by Gasteiger charge is 2.05. The molecule has 100 valence electrons. The Kier molecular flexibility index (Phi) is 3.90. The van der Waals surface area contributed by atoms with Gasteiger partial charge in [0.05, 0.1) is 0 Å². The van der Waals surface area contributed by atoms with Crippen molar-refractivity contribution >= 4 is 17.3 Å². The third-order valence-electron chi connectivity index (χ3n) is 2.99. The number of hydrogen-bond acceptors (Lipinski definition) is 3. The van der Waals surface area contributed by atoms with Crippen LogP contribution in [-0.2, 0) is 6.54 Å². The first-order chi connectivity index (χ1) is 9.11. The topological polar surface area (TPSA) is 33.1 Å². The number of aryl methyl sites for hydroxylation is 1. The molecule has 0 aliphatic carbocycles. The number of nitrogens with one attached hydrogen (secondary N) is 1. The van der Waals surface area contributed by atoms with E-state index in [0.717, 1.165) is 18.2 Å². The second-order valence-electron chi connectivity index (χ2n) is 4.71. The van der Waals surface area contributed by atoms with Crippen molar-refractivity contribution in [2.45, 2.75) is 13.5 Å². The first-order valence-corrected chi connectivity index (χ1v) is 6.29. The number of imidazole rings is 1. The highest BCUT2D eigenvalue weighted by molar-refractivity contribution is 5.65. The fourth-order valence-electron chi connectivity index (χ4n) is 2.02. The summed E-state index contributed by atoms with van der Waals surface area (Å²) in [7, 11) is 4.09. The summed E-state index contributed by atoms with van der Waals surface area (Å²) in [5.41, 5.74) is 3.49. The van der Waals surface area contributed by atoms with E-state index in [1.807, 2.05) is 30.9 Å². The number of aromatic nitrogens is 2. The predicted octanol–water partition coefficient (Wildman–Crippen LogP) is 3.19. The van der Waals surface area contributed by atoms with Gasteiger partial charge in [-0.1, -0.05) is 12.1 Å². The molecule has 2 rings (SSSR count). The van der Waals surface area contributed by atoms with Crippen LogP contribution in [0.15, 0.2) is 43.2 Å². The van der Waals surface area contributed by atoms with Gasteiger partial charge in [0, 0.05) is 44.4 Å². The lowest BCUT2D eigenvalue weighted by Gasteiger charge is -2.17. The van der Waals surface area contributed by atoms with Gasteiger partial charge in [0.2, 0.25) is 5.95 Å². The van der Waals surface area contributed by atoms with Gasteiger partial charge in [-0.2, -0.15) is 0 Å². The third kappa shape index (κ3) is 2.96. The van der Waals surface area contributed by atoms with Crippen molar-refractivity contribution < 1.29 is 0 Å². The first-order valence-electron chi connectivity index (χ1n) is 6.29. The number of anilines is 3. The minimum absolute atomic E-state index is 0.745. The van der Waals surface area contributed by atoms with Gasteiger partial charge in [0.25, 0.3) is 0 Å². The molecule has 0 radical (unpaired) electrons. The van der Waals surface area contributed by atoms with E-state index in [1.54, 1.807) is 6.20 Å². The molecule has 0 unspecified atom stereocenters. The van der Waals surface area contributed by atoms with E-state index in [0.29, 0.717) is 0 Å². The summed E-state index contributed by atoms with van der Waals surface area (Å²) in [5, 5.41) is 3.34. The first kappa shape index (κ1) is 13.2. The fraction of sp³-hybridized carbons (Fsp3) is 0.267. The molecular formula is C15H20N4. The molecule has 0 amide bonds. The Hall–Kier alpha value is -2.23. The molecule has 1 aromatic heterocycles. The lowest BCUT2D eigenvalue weighted by molar-refractivity contribution is 0.833. The van der Waals surface area contributed by atoms with Gasteiger partial charge in [-0.05, 0) is 24.6 Å². The zero-order valence-electron chi connectivity index (χ0n) is 11.7. The molecule has 0 bridgehead atoms. The summed E-state index contributed by atoms with van der Waals surface area (Å²) in [6, 6.07) is 6.30. The smallest absolute Gasteiger partial charge is 0.207 e. The molecule has 4 heteroatoms. The van der Waals surface area contributed by atoms with E-state index in [-0.39, 0.29) is 0 Å². The van der Waals surface area contributed by atoms with Gasteiger partial charge < -0.3 is 14.8 Å². The lowest BCUT2D eigenvalue weighted by atomic mass is 10.1. The van der Waals surface area contributed by atoms with Crippen molar-refractivity contribution in [2.75, 3.05) is 24.3 Å². The molecule has 0 spiro atoms. The van der Waals surface area contributed by atoms with E-state index < -0.39 is 0 Å². The molecule has 0 aliphatic heterocycles. The quantitative estimate of drug-likeness (QED) is 0.834. The van der Waals surface area contributed by atoms with Crippen molar-refractivity contribution in [3.63, 3.8) is 0 Å². The van der Waals surface area contributed by atoms with Crippen LogP contribution in [-0.4, -0.2) is 23.6 Å². The minimum Gasteiger partial charge on any atom is -0.377 e. The maximum atomic E-state index is 4.32. The monoisotopic (exact) mass is 256 g/mol. The second-order valence-corrected chi connectivity index (χ2v) is 4.71. The largest absolute Gasteiger partial charge is 0.377 e. The van der Waals surface area contributed by atoms with Gasteiger partial charge >= 0.3 is 0 Å². The molecule has 1 aromatic carbocycles. The zero-order chi connectivity index (χ0) is 13.8. The highest BCUT2D eigenvalue weighted by Crippen LogP contribution is 2.24. The predicted molar refractivity (Wildman–Crippen MR) is 81.2 cm³/mol. The van der Waals surface area contributed by atoms with Crippen LogP contribution in [0.25, 0.3) is 0 Å². The molecule has 0 aliphatic rings. The normalized spacial score (nSPS) is 10.3. The van der Waals surface area contributed by atoms with Gasteiger partial charge in [0.1, 0.15) is 0 Å². The Morgan fingerprint density at radius 1 is 1.42 bits per heavy atom. The molecule has 0 atom stereocenters. The Labute approximate surface area is 114 Å². The van der Waals surface area contributed by atoms with Gasteiger partial charge in [0.15, 0.2) is 0 Å². The van der Waals surface area contributed by atoms with Crippen LogP contribution in [0.3, 0.4) is 0 Å².